The molecular formula is C18H18ClN3O5S. The highest BCUT2D eigenvalue weighted by Crippen LogP contribution is 2.19. The van der Waals surface area contributed by atoms with Crippen LogP contribution in [0.1, 0.15) is 23.2 Å². The maximum atomic E-state index is 12.5. The van der Waals surface area contributed by atoms with Crippen LogP contribution in [0.15, 0.2) is 53.4 Å². The number of sulfonamides is 1. The average molecular weight is 424 g/mol. The number of nitro benzene ring substituents is 1. The molecule has 3 rings (SSSR count). The SMILES string of the molecule is O=C(c1ccc(Cl)cc1)N1CCC(NS(=O)(=O)c2ccc([N+](=O)[O-])cc2)CC1. The number of rotatable bonds is 5. The van der Waals surface area contributed by atoms with E-state index in [1.165, 1.54) is 12.1 Å². The zero-order chi connectivity index (χ0) is 20.3. The van der Waals surface area contributed by atoms with Crippen LogP contribution in [0.2, 0.25) is 5.02 Å². The molecule has 8 nitrogen and oxygen atoms in total. The standard InChI is InChI=1S/C18H18ClN3O5S/c19-14-3-1-13(2-4-14)18(23)21-11-9-15(10-12-21)20-28(26,27)17-7-5-16(6-8-17)22(24)25/h1-8,15,20H,9-12H2. The summed E-state index contributed by atoms with van der Waals surface area (Å²) in [7, 11) is -3.79. The Morgan fingerprint density at radius 2 is 1.64 bits per heavy atom. The fourth-order valence-corrected chi connectivity index (χ4v) is 4.44. The first kappa shape index (κ1) is 20.2. The molecule has 10 heteroatoms. The van der Waals surface area contributed by atoms with Crippen LogP contribution in [0.25, 0.3) is 0 Å². The molecule has 1 amide bonds. The molecule has 1 aliphatic heterocycles. The Bertz CT molecular complexity index is 969. The van der Waals surface area contributed by atoms with Crippen LogP contribution in [0.5, 0.6) is 0 Å². The normalized spacial score (nSPS) is 15.4. The van der Waals surface area contributed by atoms with E-state index < -0.39 is 14.9 Å². The molecule has 2 aromatic carbocycles. The number of likely N-dealkylation sites (tertiary alicyclic amines) is 1. The van der Waals surface area contributed by atoms with Crippen LogP contribution < -0.4 is 4.72 Å². The highest BCUT2D eigenvalue weighted by atomic mass is 35.5. The van der Waals surface area contributed by atoms with Crippen molar-refractivity contribution in [2.75, 3.05) is 13.1 Å². The topological polar surface area (TPSA) is 110 Å². The predicted octanol–water partition coefficient (Wildman–Crippen LogP) is 2.83. The predicted molar refractivity (Wildman–Crippen MR) is 104 cm³/mol. The van der Waals surface area contributed by atoms with E-state index in [0.29, 0.717) is 36.5 Å². The highest BCUT2D eigenvalue weighted by Gasteiger charge is 2.27. The number of nitro groups is 1. The summed E-state index contributed by atoms with van der Waals surface area (Å²) in [4.78, 5) is 24.3. The van der Waals surface area contributed by atoms with Crippen molar-refractivity contribution in [3.8, 4) is 0 Å². The van der Waals surface area contributed by atoms with Gasteiger partial charge >= 0.3 is 0 Å². The Balaban J connectivity index is 1.59. The Labute approximate surface area is 167 Å². The fraction of sp³-hybridized carbons (Fsp3) is 0.278. The Morgan fingerprint density at radius 1 is 1.07 bits per heavy atom. The van der Waals surface area contributed by atoms with E-state index in [4.69, 9.17) is 11.6 Å². The first-order valence-corrected chi connectivity index (χ1v) is 10.4. The van der Waals surface area contributed by atoms with Crippen molar-refractivity contribution < 1.29 is 18.1 Å². The number of hydrogen-bond donors (Lipinski definition) is 1. The van der Waals surface area contributed by atoms with Crippen LogP contribution in [0, 0.1) is 10.1 Å². The van der Waals surface area contributed by atoms with Gasteiger partial charge in [-0.05, 0) is 49.2 Å². The lowest BCUT2D eigenvalue weighted by molar-refractivity contribution is -0.384. The molecule has 28 heavy (non-hydrogen) atoms. The maximum absolute atomic E-state index is 12.5. The molecule has 1 saturated heterocycles. The van der Waals surface area contributed by atoms with E-state index in [1.807, 2.05) is 0 Å². The number of piperidine rings is 1. The molecule has 1 N–H and O–H groups in total. The average Bonchev–Trinajstić information content (AvgIpc) is 2.68. The summed E-state index contributed by atoms with van der Waals surface area (Å²) in [6.07, 6.45) is 0.955. The highest BCUT2D eigenvalue weighted by molar-refractivity contribution is 7.89. The number of hydrogen-bond acceptors (Lipinski definition) is 5. The molecule has 0 saturated carbocycles. The van der Waals surface area contributed by atoms with E-state index in [2.05, 4.69) is 4.72 Å². The second-order valence-corrected chi connectivity index (χ2v) is 8.60. The molecule has 0 bridgehead atoms. The molecule has 0 unspecified atom stereocenters. The number of amides is 1. The zero-order valence-corrected chi connectivity index (χ0v) is 16.3. The smallest absolute Gasteiger partial charge is 0.269 e. The van der Waals surface area contributed by atoms with Crippen LogP contribution in [-0.2, 0) is 10.0 Å². The fourth-order valence-electron chi connectivity index (χ4n) is 3.01. The summed E-state index contributed by atoms with van der Waals surface area (Å²) < 4.78 is 27.6. The summed E-state index contributed by atoms with van der Waals surface area (Å²) in [5.41, 5.74) is 0.363. The lowest BCUT2D eigenvalue weighted by Gasteiger charge is -2.32. The van der Waals surface area contributed by atoms with Gasteiger partial charge in [-0.2, -0.15) is 0 Å². The van der Waals surface area contributed by atoms with Crippen molar-refractivity contribution in [3.05, 3.63) is 69.2 Å². The second-order valence-electron chi connectivity index (χ2n) is 6.45. The van der Waals surface area contributed by atoms with Gasteiger partial charge in [0.25, 0.3) is 11.6 Å². The number of carbonyl (C=O) groups is 1. The summed E-state index contributed by atoms with van der Waals surface area (Å²) in [6.45, 7) is 0.851. The lowest BCUT2D eigenvalue weighted by Crippen LogP contribution is -2.46. The Hall–Kier alpha value is -2.49. The van der Waals surface area contributed by atoms with E-state index in [-0.39, 0.29) is 22.5 Å². The monoisotopic (exact) mass is 423 g/mol. The molecule has 0 aliphatic carbocycles. The molecule has 1 aliphatic rings. The minimum Gasteiger partial charge on any atom is -0.339 e. The molecule has 0 radical (unpaired) electrons. The Morgan fingerprint density at radius 3 is 2.18 bits per heavy atom. The molecule has 2 aromatic rings. The third kappa shape index (κ3) is 4.67. The lowest BCUT2D eigenvalue weighted by atomic mass is 10.0. The van der Waals surface area contributed by atoms with Gasteiger partial charge in [0.05, 0.1) is 9.82 Å². The van der Waals surface area contributed by atoms with Gasteiger partial charge in [0.1, 0.15) is 0 Å². The summed E-state index contributed by atoms with van der Waals surface area (Å²) in [5, 5.41) is 11.2. The van der Waals surface area contributed by atoms with Gasteiger partial charge in [-0.3, -0.25) is 14.9 Å². The summed E-state index contributed by atoms with van der Waals surface area (Å²) in [5.74, 6) is -0.117. The molecular weight excluding hydrogens is 406 g/mol. The maximum Gasteiger partial charge on any atom is 0.269 e. The van der Waals surface area contributed by atoms with Gasteiger partial charge in [-0.1, -0.05) is 11.6 Å². The summed E-state index contributed by atoms with van der Waals surface area (Å²) in [6, 6.07) is 11.0. The number of carbonyl (C=O) groups excluding carboxylic acids is 1. The van der Waals surface area contributed by atoms with Gasteiger partial charge in [-0.25, -0.2) is 13.1 Å². The number of nitrogens with zero attached hydrogens (tertiary/aromatic N) is 2. The molecule has 0 aromatic heterocycles. The van der Waals surface area contributed by atoms with Gasteiger partial charge in [0.2, 0.25) is 10.0 Å². The van der Waals surface area contributed by atoms with Gasteiger partial charge < -0.3 is 4.90 Å². The number of nitrogens with one attached hydrogen (secondary N) is 1. The van der Waals surface area contributed by atoms with Crippen molar-refractivity contribution in [3.63, 3.8) is 0 Å². The van der Waals surface area contributed by atoms with Crippen molar-refractivity contribution in [1.82, 2.24) is 9.62 Å². The van der Waals surface area contributed by atoms with Crippen molar-refractivity contribution in [2.24, 2.45) is 0 Å². The summed E-state index contributed by atoms with van der Waals surface area (Å²) >= 11 is 5.83. The molecule has 1 fully saturated rings. The third-order valence-electron chi connectivity index (χ3n) is 4.55. The van der Waals surface area contributed by atoms with E-state index >= 15 is 0 Å². The number of non-ortho nitro benzene ring substituents is 1. The largest absolute Gasteiger partial charge is 0.339 e. The van der Waals surface area contributed by atoms with Crippen molar-refractivity contribution in [1.29, 1.82) is 0 Å². The van der Waals surface area contributed by atoms with Gasteiger partial charge in [0.15, 0.2) is 0 Å². The third-order valence-corrected chi connectivity index (χ3v) is 6.34. The van der Waals surface area contributed by atoms with E-state index in [9.17, 15) is 23.3 Å². The van der Waals surface area contributed by atoms with Crippen molar-refractivity contribution in [2.45, 2.75) is 23.8 Å². The van der Waals surface area contributed by atoms with E-state index in [0.717, 1.165) is 12.1 Å². The molecule has 0 atom stereocenters. The minimum atomic E-state index is -3.79. The quantitative estimate of drug-likeness (QED) is 0.587. The Kier molecular flexibility index (Phi) is 5.97. The second kappa shape index (κ2) is 8.26. The van der Waals surface area contributed by atoms with Crippen LogP contribution in [0.4, 0.5) is 5.69 Å². The van der Waals surface area contributed by atoms with Crippen molar-refractivity contribution >= 4 is 33.2 Å². The first-order valence-electron chi connectivity index (χ1n) is 8.58. The van der Waals surface area contributed by atoms with Crippen LogP contribution in [-0.4, -0.2) is 43.3 Å². The van der Waals surface area contributed by atoms with Crippen LogP contribution >= 0.6 is 11.6 Å². The molecule has 1 heterocycles. The van der Waals surface area contributed by atoms with Gasteiger partial charge in [-0.15, -0.1) is 0 Å². The van der Waals surface area contributed by atoms with E-state index in [1.54, 1.807) is 29.2 Å². The van der Waals surface area contributed by atoms with Crippen LogP contribution in [0.3, 0.4) is 0 Å². The number of halogens is 1. The molecule has 0 spiro atoms. The first-order chi connectivity index (χ1) is 13.3. The minimum absolute atomic E-state index is 0.0298. The van der Waals surface area contributed by atoms with Gasteiger partial charge in [0, 0.05) is 41.9 Å². The molecule has 148 valence electrons. The number of benzene rings is 2. The zero-order valence-electron chi connectivity index (χ0n) is 14.7.